The highest BCUT2D eigenvalue weighted by atomic mass is 15.1. The lowest BCUT2D eigenvalue weighted by Crippen LogP contribution is -2.10. The fraction of sp³-hybridized carbons (Fsp3) is 0.238. The summed E-state index contributed by atoms with van der Waals surface area (Å²) in [5.74, 6) is 1.51. The van der Waals surface area contributed by atoms with Crippen LogP contribution in [-0.4, -0.2) is 16.5 Å². The van der Waals surface area contributed by atoms with Crippen LogP contribution in [0.2, 0.25) is 0 Å². The Bertz CT molecular complexity index is 815. The third-order valence-electron chi connectivity index (χ3n) is 4.12. The Balaban J connectivity index is 1.59. The maximum atomic E-state index is 4.58. The van der Waals surface area contributed by atoms with Crippen LogP contribution in [0.25, 0.3) is 0 Å². The lowest BCUT2D eigenvalue weighted by molar-refractivity contribution is 0.969. The Hall–Kier alpha value is -2.88. The van der Waals surface area contributed by atoms with Crippen LogP contribution in [0, 0.1) is 13.8 Å². The van der Waals surface area contributed by atoms with Gasteiger partial charge in [0.25, 0.3) is 0 Å². The van der Waals surface area contributed by atoms with Gasteiger partial charge in [-0.3, -0.25) is 0 Å². The number of nitrogens with zero attached hydrogens (tertiary/aromatic N) is 2. The first-order valence-electron chi connectivity index (χ1n) is 8.62. The van der Waals surface area contributed by atoms with Crippen molar-refractivity contribution in [1.29, 1.82) is 0 Å². The van der Waals surface area contributed by atoms with E-state index in [2.05, 4.69) is 76.1 Å². The first-order valence-corrected chi connectivity index (χ1v) is 8.62. The molecular formula is C21H24N4. The van der Waals surface area contributed by atoms with E-state index < -0.39 is 0 Å². The summed E-state index contributed by atoms with van der Waals surface area (Å²) in [6.45, 7) is 5.68. The highest BCUT2D eigenvalue weighted by molar-refractivity contribution is 5.43. The van der Waals surface area contributed by atoms with Gasteiger partial charge >= 0.3 is 0 Å². The second-order valence-electron chi connectivity index (χ2n) is 6.16. The van der Waals surface area contributed by atoms with Crippen molar-refractivity contribution >= 4 is 11.8 Å². The van der Waals surface area contributed by atoms with Crippen LogP contribution in [0.5, 0.6) is 0 Å². The van der Waals surface area contributed by atoms with Crippen molar-refractivity contribution in [2.45, 2.75) is 26.8 Å². The molecule has 128 valence electrons. The molecule has 0 saturated carbocycles. The van der Waals surface area contributed by atoms with Gasteiger partial charge in [-0.2, -0.15) is 4.98 Å². The van der Waals surface area contributed by atoms with Crippen LogP contribution in [-0.2, 0) is 13.0 Å². The normalized spacial score (nSPS) is 10.5. The van der Waals surface area contributed by atoms with E-state index in [4.69, 9.17) is 0 Å². The Morgan fingerprint density at radius 1 is 0.840 bits per heavy atom. The van der Waals surface area contributed by atoms with Crippen molar-refractivity contribution in [3.63, 3.8) is 0 Å². The zero-order valence-electron chi connectivity index (χ0n) is 14.8. The molecule has 0 aliphatic rings. The molecule has 0 saturated heterocycles. The van der Waals surface area contributed by atoms with Crippen LogP contribution in [0.4, 0.5) is 11.8 Å². The number of hydrogen-bond acceptors (Lipinski definition) is 4. The van der Waals surface area contributed by atoms with Gasteiger partial charge in [0.05, 0.1) is 0 Å². The monoisotopic (exact) mass is 332 g/mol. The highest BCUT2D eigenvalue weighted by Crippen LogP contribution is 2.13. The third-order valence-corrected chi connectivity index (χ3v) is 4.12. The van der Waals surface area contributed by atoms with E-state index in [9.17, 15) is 0 Å². The lowest BCUT2D eigenvalue weighted by atomic mass is 10.1. The van der Waals surface area contributed by atoms with Crippen molar-refractivity contribution in [3.8, 4) is 0 Å². The molecule has 25 heavy (non-hydrogen) atoms. The average Bonchev–Trinajstić information content (AvgIpc) is 2.62. The Labute approximate surface area is 149 Å². The second kappa shape index (κ2) is 8.29. The first-order chi connectivity index (χ1) is 12.2. The molecule has 0 amide bonds. The number of rotatable bonds is 7. The van der Waals surface area contributed by atoms with E-state index in [1.807, 2.05) is 19.1 Å². The molecule has 3 aromatic rings. The first kappa shape index (κ1) is 17.0. The predicted molar refractivity (Wildman–Crippen MR) is 104 cm³/mol. The molecule has 0 fully saturated rings. The van der Waals surface area contributed by atoms with E-state index in [-0.39, 0.29) is 0 Å². The standard InChI is InChI=1S/C21H24N4/c1-16-8-6-7-11-19(16)15-23-20-14-17(2)24-21(25-20)22-13-12-18-9-4-3-5-10-18/h3-11,14H,12-13,15H2,1-2H3,(H2,22,23,24,25). The minimum atomic E-state index is 0.670. The van der Waals surface area contributed by atoms with Gasteiger partial charge in [0.15, 0.2) is 0 Å². The summed E-state index contributed by atoms with van der Waals surface area (Å²) >= 11 is 0. The largest absolute Gasteiger partial charge is 0.366 e. The number of aryl methyl sites for hydroxylation is 2. The number of nitrogens with one attached hydrogen (secondary N) is 2. The fourth-order valence-corrected chi connectivity index (χ4v) is 2.70. The van der Waals surface area contributed by atoms with Gasteiger partial charge in [-0.15, -0.1) is 0 Å². The molecule has 2 N–H and O–H groups in total. The van der Waals surface area contributed by atoms with Gasteiger partial charge in [-0.05, 0) is 37.0 Å². The molecule has 4 nitrogen and oxygen atoms in total. The molecule has 3 rings (SSSR count). The summed E-state index contributed by atoms with van der Waals surface area (Å²) in [6.07, 6.45) is 0.949. The minimum absolute atomic E-state index is 0.670. The van der Waals surface area contributed by atoms with Gasteiger partial charge in [0.2, 0.25) is 5.95 Å². The van der Waals surface area contributed by atoms with Crippen LogP contribution < -0.4 is 10.6 Å². The van der Waals surface area contributed by atoms with E-state index in [0.29, 0.717) is 5.95 Å². The van der Waals surface area contributed by atoms with Crippen LogP contribution >= 0.6 is 0 Å². The van der Waals surface area contributed by atoms with Crippen molar-refractivity contribution in [3.05, 3.63) is 83.0 Å². The molecule has 1 aromatic heterocycles. The molecule has 0 atom stereocenters. The average molecular weight is 332 g/mol. The van der Waals surface area contributed by atoms with E-state index in [1.54, 1.807) is 0 Å². The SMILES string of the molecule is Cc1cc(NCc2ccccc2C)nc(NCCc2ccccc2)n1. The van der Waals surface area contributed by atoms with Gasteiger partial charge in [-0.25, -0.2) is 4.98 Å². The summed E-state index contributed by atoms with van der Waals surface area (Å²) < 4.78 is 0. The van der Waals surface area contributed by atoms with E-state index in [0.717, 1.165) is 31.0 Å². The molecule has 0 unspecified atom stereocenters. The van der Waals surface area contributed by atoms with E-state index >= 15 is 0 Å². The molecular weight excluding hydrogens is 308 g/mol. The number of benzene rings is 2. The van der Waals surface area contributed by atoms with Crippen molar-refractivity contribution in [2.75, 3.05) is 17.2 Å². The molecule has 0 spiro atoms. The molecule has 0 aliphatic heterocycles. The quantitative estimate of drug-likeness (QED) is 0.675. The van der Waals surface area contributed by atoms with Crippen molar-refractivity contribution in [2.24, 2.45) is 0 Å². The fourth-order valence-electron chi connectivity index (χ4n) is 2.70. The molecule has 0 aliphatic carbocycles. The van der Waals surface area contributed by atoms with Gasteiger partial charge < -0.3 is 10.6 Å². The Morgan fingerprint density at radius 2 is 1.60 bits per heavy atom. The zero-order chi connectivity index (χ0) is 17.5. The maximum Gasteiger partial charge on any atom is 0.224 e. The van der Waals surface area contributed by atoms with Crippen LogP contribution in [0.1, 0.15) is 22.4 Å². The lowest BCUT2D eigenvalue weighted by Gasteiger charge is -2.11. The van der Waals surface area contributed by atoms with Gasteiger partial charge in [-0.1, -0.05) is 54.6 Å². The molecule has 0 bridgehead atoms. The molecule has 0 radical (unpaired) electrons. The van der Waals surface area contributed by atoms with E-state index in [1.165, 1.54) is 16.7 Å². The predicted octanol–water partition coefficient (Wildman–Crippen LogP) is 4.36. The second-order valence-corrected chi connectivity index (χ2v) is 6.16. The van der Waals surface area contributed by atoms with Crippen LogP contribution in [0.3, 0.4) is 0 Å². The number of hydrogen-bond donors (Lipinski definition) is 2. The number of anilines is 2. The summed E-state index contributed by atoms with van der Waals surface area (Å²) in [7, 11) is 0. The smallest absolute Gasteiger partial charge is 0.224 e. The minimum Gasteiger partial charge on any atom is -0.366 e. The summed E-state index contributed by atoms with van der Waals surface area (Å²) in [5.41, 5.74) is 4.81. The highest BCUT2D eigenvalue weighted by Gasteiger charge is 2.03. The summed E-state index contributed by atoms with van der Waals surface area (Å²) in [5, 5.41) is 6.72. The summed E-state index contributed by atoms with van der Waals surface area (Å²) in [4.78, 5) is 9.05. The van der Waals surface area contributed by atoms with Crippen LogP contribution in [0.15, 0.2) is 60.7 Å². The molecule has 1 heterocycles. The Kier molecular flexibility index (Phi) is 5.62. The number of aromatic nitrogens is 2. The molecule has 2 aromatic carbocycles. The molecule has 4 heteroatoms. The summed E-state index contributed by atoms with van der Waals surface area (Å²) in [6, 6.07) is 20.8. The topological polar surface area (TPSA) is 49.8 Å². The van der Waals surface area contributed by atoms with Crippen molar-refractivity contribution < 1.29 is 0 Å². The van der Waals surface area contributed by atoms with Gasteiger partial charge in [0.1, 0.15) is 5.82 Å². The zero-order valence-corrected chi connectivity index (χ0v) is 14.8. The third kappa shape index (κ3) is 5.05. The van der Waals surface area contributed by atoms with Crippen molar-refractivity contribution in [1.82, 2.24) is 9.97 Å². The Morgan fingerprint density at radius 3 is 2.40 bits per heavy atom. The van der Waals surface area contributed by atoms with Gasteiger partial charge in [0, 0.05) is 24.8 Å². The maximum absolute atomic E-state index is 4.58.